The molecule has 0 saturated carbocycles. The fourth-order valence-corrected chi connectivity index (χ4v) is 3.59. The van der Waals surface area contributed by atoms with Crippen molar-refractivity contribution >= 4 is 11.5 Å². The molecule has 3 heterocycles. The third-order valence-corrected chi connectivity index (χ3v) is 5.09. The summed E-state index contributed by atoms with van der Waals surface area (Å²) in [4.78, 5) is 11.3. The van der Waals surface area contributed by atoms with Gasteiger partial charge in [-0.3, -0.25) is 4.90 Å². The van der Waals surface area contributed by atoms with Gasteiger partial charge in [0.05, 0.1) is 5.56 Å². The van der Waals surface area contributed by atoms with Gasteiger partial charge in [0.25, 0.3) is 0 Å². The number of nitriles is 1. The number of nitrogens with zero attached hydrogens (tertiary/aromatic N) is 5. The van der Waals surface area contributed by atoms with Crippen LogP contribution >= 0.6 is 0 Å². The summed E-state index contributed by atoms with van der Waals surface area (Å²) in [5, 5.41) is 9.20. The number of aromatic nitrogens is 1. The SMILES string of the molecule is N#Cc1cccnc1N1CC(N2CCN(c3ccc(F)cc3)CC2)C1. The van der Waals surface area contributed by atoms with E-state index in [1.807, 2.05) is 18.2 Å². The Morgan fingerprint density at radius 2 is 1.72 bits per heavy atom. The Morgan fingerprint density at radius 3 is 2.40 bits per heavy atom. The first kappa shape index (κ1) is 15.9. The first-order valence-electron chi connectivity index (χ1n) is 8.59. The van der Waals surface area contributed by atoms with Gasteiger partial charge < -0.3 is 9.80 Å². The van der Waals surface area contributed by atoms with Gasteiger partial charge in [0.15, 0.2) is 0 Å². The standard InChI is InChI=1S/C19H20FN5/c20-16-3-5-17(6-4-16)23-8-10-24(11-9-23)18-13-25(14-18)19-15(12-21)2-1-7-22-19/h1-7,18H,8-11,13-14H2. The summed E-state index contributed by atoms with van der Waals surface area (Å²) in [6.45, 7) is 5.75. The minimum absolute atomic E-state index is 0.191. The molecule has 0 N–H and O–H groups in total. The molecule has 4 rings (SSSR count). The van der Waals surface area contributed by atoms with E-state index in [9.17, 15) is 9.65 Å². The highest BCUT2D eigenvalue weighted by Crippen LogP contribution is 2.26. The second kappa shape index (κ2) is 6.69. The lowest BCUT2D eigenvalue weighted by Crippen LogP contribution is -2.63. The Balaban J connectivity index is 1.31. The van der Waals surface area contributed by atoms with E-state index in [1.165, 1.54) is 12.1 Å². The summed E-state index contributed by atoms with van der Waals surface area (Å²) in [5.41, 5.74) is 1.73. The van der Waals surface area contributed by atoms with E-state index in [2.05, 4.69) is 25.8 Å². The van der Waals surface area contributed by atoms with Crippen molar-refractivity contribution in [1.29, 1.82) is 5.26 Å². The molecule has 0 aliphatic carbocycles. The molecule has 0 spiro atoms. The maximum Gasteiger partial charge on any atom is 0.146 e. The van der Waals surface area contributed by atoms with Crippen LogP contribution in [0.3, 0.4) is 0 Å². The Hall–Kier alpha value is -2.65. The predicted octanol–water partition coefficient (Wildman–Crippen LogP) is 2.10. The van der Waals surface area contributed by atoms with Crippen molar-refractivity contribution < 1.29 is 4.39 Å². The number of halogens is 1. The molecule has 2 aliphatic rings. The second-order valence-corrected chi connectivity index (χ2v) is 6.54. The highest BCUT2D eigenvalue weighted by Gasteiger charge is 2.35. The predicted molar refractivity (Wildman–Crippen MR) is 95.1 cm³/mol. The van der Waals surface area contributed by atoms with Crippen LogP contribution in [-0.4, -0.2) is 55.2 Å². The molecule has 2 aromatic rings. The van der Waals surface area contributed by atoms with Gasteiger partial charge in [0, 0.05) is 57.2 Å². The largest absolute Gasteiger partial charge is 0.369 e. The van der Waals surface area contributed by atoms with E-state index < -0.39 is 0 Å². The van der Waals surface area contributed by atoms with Crippen LogP contribution < -0.4 is 9.80 Å². The smallest absolute Gasteiger partial charge is 0.146 e. The number of pyridine rings is 1. The number of hydrogen-bond donors (Lipinski definition) is 0. The van der Waals surface area contributed by atoms with Crippen LogP contribution in [0.15, 0.2) is 42.6 Å². The molecule has 2 saturated heterocycles. The van der Waals surface area contributed by atoms with Crippen LogP contribution in [0.2, 0.25) is 0 Å². The molecule has 1 aromatic carbocycles. The van der Waals surface area contributed by atoms with Gasteiger partial charge in [-0.2, -0.15) is 5.26 Å². The van der Waals surface area contributed by atoms with Gasteiger partial charge in [-0.25, -0.2) is 9.37 Å². The summed E-state index contributed by atoms with van der Waals surface area (Å²) in [7, 11) is 0. The van der Waals surface area contributed by atoms with Crippen LogP contribution in [0.4, 0.5) is 15.9 Å². The van der Waals surface area contributed by atoms with E-state index in [-0.39, 0.29) is 5.82 Å². The van der Waals surface area contributed by atoms with Crippen LogP contribution in [0.5, 0.6) is 0 Å². The summed E-state index contributed by atoms with van der Waals surface area (Å²) < 4.78 is 13.0. The van der Waals surface area contributed by atoms with E-state index in [0.29, 0.717) is 11.6 Å². The summed E-state index contributed by atoms with van der Waals surface area (Å²) in [6.07, 6.45) is 1.74. The van der Waals surface area contributed by atoms with Gasteiger partial charge in [-0.1, -0.05) is 0 Å². The van der Waals surface area contributed by atoms with Crippen molar-refractivity contribution in [3.8, 4) is 6.07 Å². The quantitative estimate of drug-likeness (QED) is 0.858. The van der Waals surface area contributed by atoms with Crippen molar-refractivity contribution in [3.63, 3.8) is 0 Å². The fraction of sp³-hybridized carbons (Fsp3) is 0.368. The molecule has 25 heavy (non-hydrogen) atoms. The highest BCUT2D eigenvalue weighted by molar-refractivity contribution is 5.55. The van der Waals surface area contributed by atoms with E-state index >= 15 is 0 Å². The first-order valence-corrected chi connectivity index (χ1v) is 8.59. The average Bonchev–Trinajstić information content (AvgIpc) is 2.62. The highest BCUT2D eigenvalue weighted by atomic mass is 19.1. The molecule has 0 radical (unpaired) electrons. The van der Waals surface area contributed by atoms with Crippen molar-refractivity contribution in [2.75, 3.05) is 49.1 Å². The van der Waals surface area contributed by atoms with Gasteiger partial charge in [-0.05, 0) is 36.4 Å². The van der Waals surface area contributed by atoms with Crippen molar-refractivity contribution in [3.05, 3.63) is 54.0 Å². The van der Waals surface area contributed by atoms with Gasteiger partial charge in [0.1, 0.15) is 17.7 Å². The maximum absolute atomic E-state index is 13.0. The number of piperazine rings is 1. The van der Waals surface area contributed by atoms with E-state index in [4.69, 9.17) is 0 Å². The third kappa shape index (κ3) is 3.15. The monoisotopic (exact) mass is 337 g/mol. The normalized spacial score (nSPS) is 18.7. The van der Waals surface area contributed by atoms with Crippen molar-refractivity contribution in [2.24, 2.45) is 0 Å². The third-order valence-electron chi connectivity index (χ3n) is 5.09. The van der Waals surface area contributed by atoms with Crippen molar-refractivity contribution in [1.82, 2.24) is 9.88 Å². The zero-order valence-corrected chi connectivity index (χ0v) is 14.0. The Bertz CT molecular complexity index is 771. The van der Waals surface area contributed by atoms with Crippen LogP contribution in [0.1, 0.15) is 5.56 Å². The van der Waals surface area contributed by atoms with E-state index in [1.54, 1.807) is 12.3 Å². The molecule has 0 atom stereocenters. The molecular weight excluding hydrogens is 317 g/mol. The number of benzene rings is 1. The first-order chi connectivity index (χ1) is 12.2. The molecule has 6 heteroatoms. The molecule has 1 aromatic heterocycles. The summed E-state index contributed by atoms with van der Waals surface area (Å²) in [6, 6.07) is 13.1. The molecule has 5 nitrogen and oxygen atoms in total. The lowest BCUT2D eigenvalue weighted by Gasteiger charge is -2.49. The zero-order valence-electron chi connectivity index (χ0n) is 14.0. The molecule has 2 fully saturated rings. The number of hydrogen-bond acceptors (Lipinski definition) is 5. The Kier molecular flexibility index (Phi) is 4.24. The van der Waals surface area contributed by atoms with Gasteiger partial charge in [-0.15, -0.1) is 0 Å². The minimum Gasteiger partial charge on any atom is -0.369 e. The van der Waals surface area contributed by atoms with Gasteiger partial charge >= 0.3 is 0 Å². The topological polar surface area (TPSA) is 46.4 Å². The molecule has 0 unspecified atom stereocenters. The van der Waals surface area contributed by atoms with Crippen LogP contribution in [0, 0.1) is 17.1 Å². The maximum atomic E-state index is 13.0. The minimum atomic E-state index is -0.191. The molecule has 0 bridgehead atoms. The molecular formula is C19H20FN5. The lowest BCUT2D eigenvalue weighted by molar-refractivity contribution is 0.157. The van der Waals surface area contributed by atoms with Gasteiger partial charge in [0.2, 0.25) is 0 Å². The van der Waals surface area contributed by atoms with Crippen LogP contribution in [-0.2, 0) is 0 Å². The molecule has 0 amide bonds. The molecule has 128 valence electrons. The fourth-order valence-electron chi connectivity index (χ4n) is 3.59. The number of anilines is 2. The Morgan fingerprint density at radius 1 is 1.00 bits per heavy atom. The Labute approximate surface area is 146 Å². The summed E-state index contributed by atoms with van der Waals surface area (Å²) >= 11 is 0. The lowest BCUT2D eigenvalue weighted by atomic mass is 10.0. The summed E-state index contributed by atoms with van der Waals surface area (Å²) in [5.74, 6) is 0.606. The van der Waals surface area contributed by atoms with Crippen molar-refractivity contribution in [2.45, 2.75) is 6.04 Å². The zero-order chi connectivity index (χ0) is 17.2. The number of rotatable bonds is 3. The van der Waals surface area contributed by atoms with Crippen LogP contribution in [0.25, 0.3) is 0 Å². The average molecular weight is 337 g/mol. The van der Waals surface area contributed by atoms with E-state index in [0.717, 1.165) is 50.8 Å². The molecule has 2 aliphatic heterocycles. The second-order valence-electron chi connectivity index (χ2n) is 6.54.